The highest BCUT2D eigenvalue weighted by atomic mass is 16.6. The van der Waals surface area contributed by atoms with E-state index in [9.17, 15) is 20.0 Å². The van der Waals surface area contributed by atoms with Gasteiger partial charge in [-0.05, 0) is 83.9 Å². The predicted octanol–water partition coefficient (Wildman–Crippen LogP) is 6.30. The topological polar surface area (TPSA) is 136 Å². The third-order valence-corrected chi connectivity index (χ3v) is 6.26. The zero-order valence-corrected chi connectivity index (χ0v) is 24.7. The fraction of sp³-hybridized carbons (Fsp3) is 0.500. The molecule has 0 saturated carbocycles. The average Bonchev–Trinajstić information content (AvgIpc) is 2.91. The molecule has 11 nitrogen and oxygen atoms in total. The Balaban J connectivity index is 2.01. The van der Waals surface area contributed by atoms with Crippen LogP contribution in [0.1, 0.15) is 47.5 Å². The van der Waals surface area contributed by atoms with Crippen LogP contribution in [0.4, 0.5) is 22.7 Å². The SMILES string of the molecule is C=C(C)C(=O)OCCN(CCOC(C)(C)CCOC(C)(C)CCO)c1ccc(N=Nc2ccc([N+](=O)[O-])cc2)cc1. The van der Waals surface area contributed by atoms with Gasteiger partial charge in [-0.2, -0.15) is 10.2 Å². The van der Waals surface area contributed by atoms with Crippen molar-refractivity contribution in [1.82, 2.24) is 0 Å². The second-order valence-electron chi connectivity index (χ2n) is 10.8. The van der Waals surface area contributed by atoms with Crippen molar-refractivity contribution >= 4 is 28.7 Å². The molecule has 2 aromatic rings. The number of hydrogen-bond acceptors (Lipinski definition) is 10. The molecule has 2 aromatic carbocycles. The number of hydrogen-bond donors (Lipinski definition) is 1. The number of carbonyl (C=O) groups is 1. The van der Waals surface area contributed by atoms with Gasteiger partial charge in [0.1, 0.15) is 6.61 Å². The minimum atomic E-state index is -0.465. The minimum Gasteiger partial charge on any atom is -0.460 e. The fourth-order valence-corrected chi connectivity index (χ4v) is 3.65. The number of aliphatic hydroxyl groups excluding tert-OH is 1. The number of carbonyl (C=O) groups excluding carboxylic acids is 1. The van der Waals surface area contributed by atoms with E-state index < -0.39 is 22.1 Å². The van der Waals surface area contributed by atoms with E-state index in [1.165, 1.54) is 24.3 Å². The summed E-state index contributed by atoms with van der Waals surface area (Å²) >= 11 is 0. The highest BCUT2D eigenvalue weighted by Crippen LogP contribution is 2.24. The van der Waals surface area contributed by atoms with Crippen LogP contribution in [0.2, 0.25) is 0 Å². The zero-order chi connectivity index (χ0) is 30.5. The van der Waals surface area contributed by atoms with Crippen LogP contribution in [0.25, 0.3) is 0 Å². The molecule has 224 valence electrons. The van der Waals surface area contributed by atoms with E-state index in [1.807, 2.05) is 52.0 Å². The Bertz CT molecular complexity index is 1160. The summed E-state index contributed by atoms with van der Waals surface area (Å²) in [4.78, 5) is 24.3. The first-order chi connectivity index (χ1) is 19.3. The van der Waals surface area contributed by atoms with E-state index in [-0.39, 0.29) is 18.9 Å². The van der Waals surface area contributed by atoms with Crippen molar-refractivity contribution in [2.24, 2.45) is 10.2 Å². The maximum Gasteiger partial charge on any atom is 0.333 e. The van der Waals surface area contributed by atoms with Crippen molar-refractivity contribution in [1.29, 1.82) is 0 Å². The summed E-state index contributed by atoms with van der Waals surface area (Å²) in [6.45, 7) is 15.4. The van der Waals surface area contributed by atoms with E-state index in [4.69, 9.17) is 14.2 Å². The number of aliphatic hydroxyl groups is 1. The Morgan fingerprint density at radius 1 is 0.902 bits per heavy atom. The molecule has 0 saturated heterocycles. The Labute approximate surface area is 242 Å². The standard InChI is InChI=1S/C30H42N4O7/c1-23(2)28(36)39-21-17-33(18-22-41-30(5,6)16-20-40-29(3,4)15-19-35)26-11-7-24(8-12-26)31-32-25-9-13-27(14-10-25)34(37)38/h7-14,35H,1,15-22H2,2-6H3. The third-order valence-electron chi connectivity index (χ3n) is 6.26. The van der Waals surface area contributed by atoms with Gasteiger partial charge in [-0.25, -0.2) is 4.79 Å². The normalized spacial score (nSPS) is 12.0. The summed E-state index contributed by atoms with van der Waals surface area (Å²) in [7, 11) is 0. The third kappa shape index (κ3) is 12.6. The van der Waals surface area contributed by atoms with E-state index in [2.05, 4.69) is 21.7 Å². The summed E-state index contributed by atoms with van der Waals surface area (Å²) in [5, 5.41) is 28.4. The lowest BCUT2D eigenvalue weighted by molar-refractivity contribution is -0.384. The smallest absolute Gasteiger partial charge is 0.333 e. The first kappa shape index (κ1) is 33.5. The van der Waals surface area contributed by atoms with Crippen molar-refractivity contribution in [3.63, 3.8) is 0 Å². The minimum absolute atomic E-state index is 0.00924. The van der Waals surface area contributed by atoms with E-state index >= 15 is 0 Å². The molecule has 0 aliphatic heterocycles. The van der Waals surface area contributed by atoms with Gasteiger partial charge in [-0.3, -0.25) is 10.1 Å². The molecule has 0 bridgehead atoms. The lowest BCUT2D eigenvalue weighted by Crippen LogP contribution is -2.36. The summed E-state index contributed by atoms with van der Waals surface area (Å²) in [6, 6.07) is 13.2. The van der Waals surface area contributed by atoms with E-state index in [0.29, 0.717) is 56.1 Å². The van der Waals surface area contributed by atoms with Crippen molar-refractivity contribution < 1.29 is 29.0 Å². The van der Waals surface area contributed by atoms with Gasteiger partial charge in [-0.1, -0.05) is 6.58 Å². The first-order valence-corrected chi connectivity index (χ1v) is 13.5. The number of nitro benzene ring substituents is 1. The van der Waals surface area contributed by atoms with Crippen LogP contribution >= 0.6 is 0 Å². The Hall–Kier alpha value is -3.67. The molecule has 0 unspecified atom stereocenters. The molecule has 11 heteroatoms. The first-order valence-electron chi connectivity index (χ1n) is 13.5. The summed E-state index contributed by atoms with van der Waals surface area (Å²) in [6.07, 6.45) is 1.25. The number of ether oxygens (including phenoxy) is 3. The Kier molecular flexibility index (Phi) is 13.0. The molecular formula is C30H42N4O7. The molecule has 0 spiro atoms. The second kappa shape index (κ2) is 15.9. The number of benzene rings is 2. The van der Waals surface area contributed by atoms with E-state index in [1.54, 1.807) is 6.92 Å². The molecular weight excluding hydrogens is 528 g/mol. The number of esters is 1. The molecule has 0 aliphatic rings. The number of non-ortho nitro benzene ring substituents is 1. The molecule has 0 amide bonds. The maximum absolute atomic E-state index is 11.9. The van der Waals surface area contributed by atoms with Gasteiger partial charge in [0.05, 0.1) is 47.3 Å². The molecule has 0 atom stereocenters. The Morgan fingerprint density at radius 3 is 1.95 bits per heavy atom. The summed E-state index contributed by atoms with van der Waals surface area (Å²) < 4.78 is 17.4. The molecule has 2 rings (SSSR count). The van der Waals surface area contributed by atoms with Crippen LogP contribution in [0, 0.1) is 10.1 Å². The van der Waals surface area contributed by atoms with Crippen molar-refractivity contribution in [2.45, 2.75) is 58.7 Å². The number of rotatable bonds is 18. The number of azo groups is 1. The Morgan fingerprint density at radius 2 is 1.41 bits per heavy atom. The van der Waals surface area contributed by atoms with Gasteiger partial charge in [-0.15, -0.1) is 0 Å². The zero-order valence-electron chi connectivity index (χ0n) is 24.7. The molecule has 0 aromatic heterocycles. The van der Waals surface area contributed by atoms with Gasteiger partial charge in [0.25, 0.3) is 5.69 Å². The van der Waals surface area contributed by atoms with Crippen molar-refractivity contribution in [3.05, 3.63) is 70.8 Å². The second-order valence-corrected chi connectivity index (χ2v) is 10.8. The highest BCUT2D eigenvalue weighted by Gasteiger charge is 2.23. The van der Waals surface area contributed by atoms with Crippen LogP contribution in [0.15, 0.2) is 70.9 Å². The van der Waals surface area contributed by atoms with Gasteiger partial charge >= 0.3 is 5.97 Å². The van der Waals surface area contributed by atoms with Crippen molar-refractivity contribution in [2.75, 3.05) is 44.4 Å². The van der Waals surface area contributed by atoms with Gasteiger partial charge in [0.15, 0.2) is 0 Å². The van der Waals surface area contributed by atoms with Gasteiger partial charge in [0.2, 0.25) is 0 Å². The van der Waals surface area contributed by atoms with E-state index in [0.717, 1.165) is 5.69 Å². The molecule has 1 N–H and O–H groups in total. The molecule has 0 fully saturated rings. The lowest BCUT2D eigenvalue weighted by atomic mass is 10.0. The van der Waals surface area contributed by atoms with Crippen LogP contribution in [0.5, 0.6) is 0 Å². The maximum atomic E-state index is 11.9. The van der Waals surface area contributed by atoms with Gasteiger partial charge < -0.3 is 24.2 Å². The number of nitrogens with zero attached hydrogens (tertiary/aromatic N) is 4. The van der Waals surface area contributed by atoms with Crippen molar-refractivity contribution in [3.8, 4) is 0 Å². The molecule has 41 heavy (non-hydrogen) atoms. The largest absolute Gasteiger partial charge is 0.460 e. The number of nitro groups is 1. The lowest BCUT2D eigenvalue weighted by Gasteiger charge is -2.31. The molecule has 0 aliphatic carbocycles. The van der Waals surface area contributed by atoms with Crippen LogP contribution in [-0.2, 0) is 19.0 Å². The molecule has 0 radical (unpaired) electrons. The highest BCUT2D eigenvalue weighted by molar-refractivity contribution is 5.86. The summed E-state index contributed by atoms with van der Waals surface area (Å²) in [5.74, 6) is -0.437. The summed E-state index contributed by atoms with van der Waals surface area (Å²) in [5.41, 5.74) is 1.52. The monoisotopic (exact) mass is 570 g/mol. The van der Waals surface area contributed by atoms with Crippen LogP contribution in [0.3, 0.4) is 0 Å². The quantitative estimate of drug-likeness (QED) is 0.0725. The van der Waals surface area contributed by atoms with Crippen LogP contribution in [-0.4, -0.2) is 66.7 Å². The predicted molar refractivity (Wildman–Crippen MR) is 158 cm³/mol. The fourth-order valence-electron chi connectivity index (χ4n) is 3.65. The molecule has 0 heterocycles. The van der Waals surface area contributed by atoms with Crippen LogP contribution < -0.4 is 4.90 Å². The average molecular weight is 571 g/mol. The number of anilines is 1. The van der Waals surface area contributed by atoms with Gasteiger partial charge in [0, 0.05) is 36.5 Å².